The van der Waals surface area contributed by atoms with Crippen LogP contribution in [-0.4, -0.2) is 0 Å². The van der Waals surface area contributed by atoms with Crippen molar-refractivity contribution < 1.29 is 8.83 Å². The van der Waals surface area contributed by atoms with Crippen LogP contribution in [-0.2, 0) is 0 Å². The van der Waals surface area contributed by atoms with Crippen molar-refractivity contribution in [2.45, 2.75) is 0 Å². The Labute approximate surface area is 310 Å². The lowest BCUT2D eigenvalue weighted by molar-refractivity contribution is 0.664. The molecule has 12 rings (SSSR count). The number of benzene rings is 10. The average Bonchev–Trinajstić information content (AvgIpc) is 3.78. The van der Waals surface area contributed by atoms with Crippen LogP contribution in [0.2, 0.25) is 0 Å². The number of rotatable bonds is 3. The van der Waals surface area contributed by atoms with Crippen LogP contribution in [0.3, 0.4) is 0 Å². The highest BCUT2D eigenvalue weighted by Crippen LogP contribution is 2.45. The Morgan fingerprint density at radius 3 is 1.48 bits per heavy atom. The van der Waals surface area contributed by atoms with E-state index in [0.29, 0.717) is 0 Å². The third-order valence-electron chi connectivity index (χ3n) is 11.4. The van der Waals surface area contributed by atoms with Gasteiger partial charge >= 0.3 is 0 Å². The molecule has 0 saturated carbocycles. The first-order valence-electron chi connectivity index (χ1n) is 18.5. The maximum absolute atomic E-state index is 6.57. The quantitative estimate of drug-likeness (QED) is 0.173. The maximum atomic E-state index is 6.57. The van der Waals surface area contributed by atoms with Crippen LogP contribution in [0, 0.1) is 0 Å². The molecule has 0 fully saturated rings. The molecule has 0 aliphatic heterocycles. The second kappa shape index (κ2) is 11.2. The molecule has 0 atom stereocenters. The predicted molar refractivity (Wildman–Crippen MR) is 227 cm³/mol. The van der Waals surface area contributed by atoms with E-state index < -0.39 is 0 Å². The van der Waals surface area contributed by atoms with E-state index in [-0.39, 0.29) is 0 Å². The van der Waals surface area contributed by atoms with Crippen molar-refractivity contribution in [3.63, 3.8) is 0 Å². The van der Waals surface area contributed by atoms with E-state index in [2.05, 4.69) is 182 Å². The van der Waals surface area contributed by atoms with Gasteiger partial charge in [0, 0.05) is 21.5 Å². The monoisotopic (exact) mass is 686 g/mol. The Morgan fingerprint density at radius 1 is 0.241 bits per heavy atom. The second-order valence-corrected chi connectivity index (χ2v) is 14.4. The van der Waals surface area contributed by atoms with Gasteiger partial charge in [-0.25, -0.2) is 0 Å². The van der Waals surface area contributed by atoms with E-state index in [9.17, 15) is 0 Å². The standard InChI is InChI=1S/C52H30O2/c1-2-11-32(12-3-1)50-40-14-6-8-16-42(40)51(43-17-9-7-15-41(43)50)37-21-20-33-26-34(18-19-35(33)27-37)36-22-24-39-44-29-49-45(30-48(44)54-47(39)28-36)52-38-13-5-4-10-31(38)23-25-46(52)53-49/h1-30H. The van der Waals surface area contributed by atoms with Crippen molar-refractivity contribution in [3.8, 4) is 33.4 Å². The molecule has 250 valence electrons. The van der Waals surface area contributed by atoms with Crippen LogP contribution < -0.4 is 0 Å². The van der Waals surface area contributed by atoms with E-state index >= 15 is 0 Å². The lowest BCUT2D eigenvalue weighted by Gasteiger charge is -2.18. The Balaban J connectivity index is 0.966. The van der Waals surface area contributed by atoms with Crippen molar-refractivity contribution in [3.05, 3.63) is 182 Å². The van der Waals surface area contributed by atoms with E-state index in [1.165, 1.54) is 65.3 Å². The van der Waals surface area contributed by atoms with Gasteiger partial charge in [-0.05, 0) is 119 Å². The second-order valence-electron chi connectivity index (χ2n) is 14.4. The topological polar surface area (TPSA) is 26.3 Å². The molecule has 0 spiro atoms. The molecule has 0 aliphatic carbocycles. The van der Waals surface area contributed by atoms with Gasteiger partial charge in [0.05, 0.1) is 0 Å². The summed E-state index contributed by atoms with van der Waals surface area (Å²) in [6, 6.07) is 65.7. The first kappa shape index (κ1) is 29.4. The molecule has 0 radical (unpaired) electrons. The minimum atomic E-state index is 0.869. The minimum Gasteiger partial charge on any atom is -0.456 e. The summed E-state index contributed by atoms with van der Waals surface area (Å²) in [5.41, 5.74) is 10.8. The highest BCUT2D eigenvalue weighted by atomic mass is 16.3. The first-order chi connectivity index (χ1) is 26.7. The van der Waals surface area contributed by atoms with Crippen LogP contribution in [0.25, 0.3) is 120 Å². The summed E-state index contributed by atoms with van der Waals surface area (Å²) >= 11 is 0. The van der Waals surface area contributed by atoms with Crippen LogP contribution in [0.4, 0.5) is 0 Å². The van der Waals surface area contributed by atoms with Gasteiger partial charge in [-0.3, -0.25) is 0 Å². The average molecular weight is 687 g/mol. The van der Waals surface area contributed by atoms with E-state index in [1.807, 2.05) is 0 Å². The van der Waals surface area contributed by atoms with Gasteiger partial charge in [0.1, 0.15) is 22.3 Å². The summed E-state index contributed by atoms with van der Waals surface area (Å²) in [6.07, 6.45) is 0. The fourth-order valence-electron chi connectivity index (χ4n) is 8.93. The van der Waals surface area contributed by atoms with Crippen molar-refractivity contribution in [1.82, 2.24) is 0 Å². The van der Waals surface area contributed by atoms with Crippen LogP contribution in [0.5, 0.6) is 0 Å². The van der Waals surface area contributed by atoms with E-state index in [0.717, 1.165) is 55.0 Å². The number of hydrogen-bond donors (Lipinski definition) is 0. The van der Waals surface area contributed by atoms with Gasteiger partial charge in [0.25, 0.3) is 0 Å². The summed E-state index contributed by atoms with van der Waals surface area (Å²) < 4.78 is 13.0. The third kappa shape index (κ3) is 4.28. The Kier molecular flexibility index (Phi) is 6.09. The predicted octanol–water partition coefficient (Wildman–Crippen LogP) is 15.1. The summed E-state index contributed by atoms with van der Waals surface area (Å²) in [5.74, 6) is 0. The van der Waals surface area contributed by atoms with Gasteiger partial charge in [0.15, 0.2) is 0 Å². The molecule has 2 aromatic heterocycles. The lowest BCUT2D eigenvalue weighted by atomic mass is 9.85. The Morgan fingerprint density at radius 2 is 0.741 bits per heavy atom. The fourth-order valence-corrected chi connectivity index (χ4v) is 8.93. The number of hydrogen-bond acceptors (Lipinski definition) is 2. The zero-order valence-corrected chi connectivity index (χ0v) is 29.1. The smallest absolute Gasteiger partial charge is 0.136 e. The fraction of sp³-hybridized carbons (Fsp3) is 0. The van der Waals surface area contributed by atoms with Crippen LogP contribution in [0.1, 0.15) is 0 Å². The SMILES string of the molecule is c1ccc(-c2c3ccccc3c(-c3ccc4cc(-c5ccc6c(c5)oc5cc7c(cc56)oc5ccc6ccccc6c57)ccc4c3)c3ccccc23)cc1. The third-order valence-corrected chi connectivity index (χ3v) is 11.4. The highest BCUT2D eigenvalue weighted by Gasteiger charge is 2.18. The van der Waals surface area contributed by atoms with Crippen molar-refractivity contribution in [1.29, 1.82) is 0 Å². The molecule has 2 nitrogen and oxygen atoms in total. The van der Waals surface area contributed by atoms with Gasteiger partial charge < -0.3 is 8.83 Å². The Bertz CT molecular complexity index is 3430. The summed E-state index contributed by atoms with van der Waals surface area (Å²) in [5, 5.41) is 14.2. The van der Waals surface area contributed by atoms with Crippen LogP contribution >= 0.6 is 0 Å². The van der Waals surface area contributed by atoms with E-state index in [4.69, 9.17) is 8.83 Å². The summed E-state index contributed by atoms with van der Waals surface area (Å²) in [4.78, 5) is 0. The molecular weight excluding hydrogens is 657 g/mol. The summed E-state index contributed by atoms with van der Waals surface area (Å²) in [6.45, 7) is 0. The molecule has 2 heteroatoms. The molecule has 54 heavy (non-hydrogen) atoms. The van der Waals surface area contributed by atoms with Crippen molar-refractivity contribution in [2.75, 3.05) is 0 Å². The molecule has 2 heterocycles. The Hall–Kier alpha value is -7.16. The largest absolute Gasteiger partial charge is 0.456 e. The van der Waals surface area contributed by atoms with Crippen molar-refractivity contribution >= 4 is 87.0 Å². The van der Waals surface area contributed by atoms with Crippen molar-refractivity contribution in [2.24, 2.45) is 0 Å². The molecular formula is C52H30O2. The zero-order chi connectivity index (χ0) is 35.3. The summed E-state index contributed by atoms with van der Waals surface area (Å²) in [7, 11) is 0. The maximum Gasteiger partial charge on any atom is 0.136 e. The first-order valence-corrected chi connectivity index (χ1v) is 18.5. The van der Waals surface area contributed by atoms with Crippen LogP contribution in [0.15, 0.2) is 191 Å². The minimum absolute atomic E-state index is 0.869. The molecule has 0 saturated heterocycles. The van der Waals surface area contributed by atoms with Gasteiger partial charge in [-0.1, -0.05) is 140 Å². The molecule has 10 aromatic carbocycles. The number of furan rings is 2. The molecule has 0 unspecified atom stereocenters. The normalized spacial score (nSPS) is 12.1. The molecule has 0 amide bonds. The van der Waals surface area contributed by atoms with Gasteiger partial charge in [0.2, 0.25) is 0 Å². The molecule has 0 aliphatic rings. The molecule has 0 N–H and O–H groups in total. The molecule has 0 bridgehead atoms. The van der Waals surface area contributed by atoms with Gasteiger partial charge in [-0.2, -0.15) is 0 Å². The van der Waals surface area contributed by atoms with Gasteiger partial charge in [-0.15, -0.1) is 0 Å². The lowest BCUT2D eigenvalue weighted by Crippen LogP contribution is -1.90. The zero-order valence-electron chi connectivity index (χ0n) is 29.1. The number of fused-ring (bicyclic) bond motifs is 11. The highest BCUT2D eigenvalue weighted by molar-refractivity contribution is 6.23. The molecule has 12 aromatic rings. The van der Waals surface area contributed by atoms with E-state index in [1.54, 1.807) is 0 Å².